The van der Waals surface area contributed by atoms with Crippen LogP contribution in [-0.2, 0) is 10.2 Å². The molecule has 5 nitrogen and oxygen atoms in total. The van der Waals surface area contributed by atoms with E-state index < -0.39 is 5.25 Å². The number of carbonyl (C=O) groups excluding carboxylic acids is 1. The molecule has 1 aromatic heterocycles. The van der Waals surface area contributed by atoms with Gasteiger partial charge in [-0.2, -0.15) is 0 Å². The van der Waals surface area contributed by atoms with Crippen LogP contribution < -0.4 is 5.73 Å². The largest absolute Gasteiger partial charge is 0.369 e. The van der Waals surface area contributed by atoms with Gasteiger partial charge in [0.1, 0.15) is 0 Å². The highest BCUT2D eigenvalue weighted by molar-refractivity contribution is 9.10. The summed E-state index contributed by atoms with van der Waals surface area (Å²) in [6, 6.07) is 16.3. The Kier molecular flexibility index (Phi) is 5.95. The SMILES string of the molecule is C[C@H](Sc1nnc(-c2ccc(C(C)(C)C)cc2)n1-c1ccc(Br)cc1)C(N)=O. The molecule has 0 bridgehead atoms. The van der Waals surface area contributed by atoms with Crippen LogP contribution in [0.15, 0.2) is 58.2 Å². The van der Waals surface area contributed by atoms with Crippen molar-refractivity contribution in [2.24, 2.45) is 5.73 Å². The molecule has 3 aromatic rings. The van der Waals surface area contributed by atoms with Gasteiger partial charge in [-0.1, -0.05) is 72.7 Å². The molecule has 0 fully saturated rings. The maximum Gasteiger partial charge on any atom is 0.230 e. The molecule has 7 heteroatoms. The molecular formula is C21H23BrN4OS. The smallest absolute Gasteiger partial charge is 0.230 e. The number of thioether (sulfide) groups is 1. The Balaban J connectivity index is 2.09. The minimum Gasteiger partial charge on any atom is -0.369 e. The summed E-state index contributed by atoms with van der Waals surface area (Å²) < 4.78 is 2.95. The molecule has 2 aromatic carbocycles. The highest BCUT2D eigenvalue weighted by Gasteiger charge is 2.21. The van der Waals surface area contributed by atoms with Gasteiger partial charge in [0.15, 0.2) is 11.0 Å². The van der Waals surface area contributed by atoms with Gasteiger partial charge in [0, 0.05) is 15.7 Å². The maximum atomic E-state index is 11.5. The van der Waals surface area contributed by atoms with Crippen LogP contribution in [0.3, 0.4) is 0 Å². The lowest BCUT2D eigenvalue weighted by Crippen LogP contribution is -2.23. The number of hydrogen-bond acceptors (Lipinski definition) is 4. The van der Waals surface area contributed by atoms with Crippen molar-refractivity contribution in [3.8, 4) is 17.1 Å². The zero-order valence-electron chi connectivity index (χ0n) is 16.3. The van der Waals surface area contributed by atoms with Crippen LogP contribution in [0.4, 0.5) is 0 Å². The summed E-state index contributed by atoms with van der Waals surface area (Å²) in [6.45, 7) is 8.33. The molecule has 1 heterocycles. The first kappa shape index (κ1) is 20.6. The van der Waals surface area contributed by atoms with Crippen molar-refractivity contribution in [1.29, 1.82) is 0 Å². The first-order valence-electron chi connectivity index (χ1n) is 8.95. The summed E-state index contributed by atoms with van der Waals surface area (Å²) in [5, 5.41) is 8.98. The number of nitrogens with zero attached hydrogens (tertiary/aromatic N) is 3. The van der Waals surface area contributed by atoms with E-state index in [0.29, 0.717) is 5.16 Å². The number of primary amides is 1. The number of amides is 1. The van der Waals surface area contributed by atoms with Crippen LogP contribution in [0, 0.1) is 0 Å². The van der Waals surface area contributed by atoms with Crippen molar-refractivity contribution in [3.63, 3.8) is 0 Å². The van der Waals surface area contributed by atoms with Crippen LogP contribution in [0.25, 0.3) is 17.1 Å². The minimum absolute atomic E-state index is 0.0792. The molecule has 0 aliphatic heterocycles. The Bertz CT molecular complexity index is 975. The van der Waals surface area contributed by atoms with E-state index >= 15 is 0 Å². The van der Waals surface area contributed by atoms with Crippen LogP contribution in [-0.4, -0.2) is 25.9 Å². The third-order valence-electron chi connectivity index (χ3n) is 4.41. The lowest BCUT2D eigenvalue weighted by molar-refractivity contribution is -0.117. The maximum absolute atomic E-state index is 11.5. The second kappa shape index (κ2) is 8.09. The quantitative estimate of drug-likeness (QED) is 0.548. The number of hydrogen-bond donors (Lipinski definition) is 1. The zero-order chi connectivity index (χ0) is 20.5. The second-order valence-electron chi connectivity index (χ2n) is 7.61. The molecule has 0 saturated heterocycles. The number of rotatable bonds is 5. The van der Waals surface area contributed by atoms with Gasteiger partial charge in [-0.3, -0.25) is 9.36 Å². The summed E-state index contributed by atoms with van der Waals surface area (Å²) in [6.07, 6.45) is 0. The highest BCUT2D eigenvalue weighted by atomic mass is 79.9. The van der Waals surface area contributed by atoms with E-state index in [2.05, 4.69) is 71.2 Å². The summed E-state index contributed by atoms with van der Waals surface area (Å²) in [5.74, 6) is 0.341. The van der Waals surface area contributed by atoms with Gasteiger partial charge in [0.05, 0.1) is 5.25 Å². The Morgan fingerprint density at radius 2 is 1.68 bits per heavy atom. The number of carbonyl (C=O) groups is 1. The predicted molar refractivity (Wildman–Crippen MR) is 118 cm³/mol. The lowest BCUT2D eigenvalue weighted by atomic mass is 9.87. The first-order chi connectivity index (χ1) is 13.2. The molecule has 0 radical (unpaired) electrons. The fourth-order valence-electron chi connectivity index (χ4n) is 2.69. The zero-order valence-corrected chi connectivity index (χ0v) is 18.7. The second-order valence-corrected chi connectivity index (χ2v) is 9.83. The summed E-state index contributed by atoms with van der Waals surface area (Å²) >= 11 is 4.77. The molecule has 28 heavy (non-hydrogen) atoms. The van der Waals surface area contributed by atoms with Crippen molar-refractivity contribution < 1.29 is 4.79 Å². The van der Waals surface area contributed by atoms with Crippen LogP contribution in [0.5, 0.6) is 0 Å². The van der Waals surface area contributed by atoms with Crippen molar-refractivity contribution in [2.75, 3.05) is 0 Å². The van der Waals surface area contributed by atoms with Gasteiger partial charge in [-0.05, 0) is 42.2 Å². The average Bonchev–Trinajstić information content (AvgIpc) is 3.05. The van der Waals surface area contributed by atoms with Gasteiger partial charge >= 0.3 is 0 Å². The monoisotopic (exact) mass is 458 g/mol. The summed E-state index contributed by atoms with van der Waals surface area (Å²) in [4.78, 5) is 11.5. The standard InChI is InChI=1S/C21H23BrN4OS/c1-13(18(23)27)28-20-25-24-19(26(20)17-11-9-16(22)10-12-17)14-5-7-15(8-6-14)21(2,3)4/h5-13H,1-4H3,(H2,23,27)/t13-/m0/s1. The number of halogens is 1. The Morgan fingerprint density at radius 1 is 1.07 bits per heavy atom. The lowest BCUT2D eigenvalue weighted by Gasteiger charge is -2.19. The normalized spacial score (nSPS) is 12.8. The molecule has 0 saturated carbocycles. The molecule has 0 aliphatic carbocycles. The van der Waals surface area contributed by atoms with Gasteiger partial charge in [0.2, 0.25) is 5.91 Å². The van der Waals surface area contributed by atoms with E-state index in [9.17, 15) is 4.79 Å². The van der Waals surface area contributed by atoms with Crippen molar-refractivity contribution >= 4 is 33.6 Å². The Labute approximate surface area is 177 Å². The topological polar surface area (TPSA) is 73.8 Å². The number of nitrogens with two attached hydrogens (primary N) is 1. The molecule has 1 atom stereocenters. The van der Waals surface area contributed by atoms with Gasteiger partial charge < -0.3 is 5.73 Å². The van der Waals surface area contributed by atoms with E-state index in [-0.39, 0.29) is 11.3 Å². The Hall–Kier alpha value is -2.12. The molecular weight excluding hydrogens is 436 g/mol. The molecule has 3 rings (SSSR count). The minimum atomic E-state index is -0.408. The van der Waals surface area contributed by atoms with E-state index in [1.165, 1.54) is 17.3 Å². The fourth-order valence-corrected chi connectivity index (χ4v) is 3.77. The van der Waals surface area contributed by atoms with Crippen molar-refractivity contribution in [3.05, 3.63) is 58.6 Å². The van der Waals surface area contributed by atoms with E-state index in [4.69, 9.17) is 5.73 Å². The van der Waals surface area contributed by atoms with Gasteiger partial charge in [-0.15, -0.1) is 10.2 Å². The predicted octanol–water partition coefficient (Wildman–Crippen LogP) is 4.96. The van der Waals surface area contributed by atoms with Crippen molar-refractivity contribution in [2.45, 2.75) is 43.5 Å². The molecule has 0 spiro atoms. The van der Waals surface area contributed by atoms with Gasteiger partial charge in [0.25, 0.3) is 0 Å². The number of benzene rings is 2. The molecule has 0 unspecified atom stereocenters. The van der Waals surface area contributed by atoms with E-state index in [0.717, 1.165) is 21.5 Å². The highest BCUT2D eigenvalue weighted by Crippen LogP contribution is 2.32. The van der Waals surface area contributed by atoms with Crippen molar-refractivity contribution in [1.82, 2.24) is 14.8 Å². The first-order valence-corrected chi connectivity index (χ1v) is 10.6. The summed E-state index contributed by atoms with van der Waals surface area (Å²) in [5.41, 5.74) is 8.66. The average molecular weight is 459 g/mol. The Morgan fingerprint density at radius 3 is 2.21 bits per heavy atom. The third-order valence-corrected chi connectivity index (χ3v) is 6.00. The van der Waals surface area contributed by atoms with E-state index in [1.54, 1.807) is 6.92 Å². The fraction of sp³-hybridized carbons (Fsp3) is 0.286. The third kappa shape index (κ3) is 4.47. The summed E-state index contributed by atoms with van der Waals surface area (Å²) in [7, 11) is 0. The van der Waals surface area contributed by atoms with Gasteiger partial charge in [-0.25, -0.2) is 0 Å². The van der Waals surface area contributed by atoms with Crippen LogP contribution in [0.2, 0.25) is 0 Å². The van der Waals surface area contributed by atoms with E-state index in [1.807, 2.05) is 28.8 Å². The molecule has 2 N–H and O–H groups in total. The van der Waals surface area contributed by atoms with Crippen LogP contribution >= 0.6 is 27.7 Å². The van der Waals surface area contributed by atoms with Crippen LogP contribution in [0.1, 0.15) is 33.3 Å². The molecule has 1 amide bonds. The molecule has 0 aliphatic rings. The number of aromatic nitrogens is 3. The molecule has 146 valence electrons.